The van der Waals surface area contributed by atoms with Gasteiger partial charge in [-0.25, -0.2) is 14.4 Å². The summed E-state index contributed by atoms with van der Waals surface area (Å²) in [5.74, 6) is -0.399. The Morgan fingerprint density at radius 1 is 1.24 bits per heavy atom. The quantitative estimate of drug-likeness (QED) is 0.190. The van der Waals surface area contributed by atoms with Crippen LogP contribution in [0.25, 0.3) is 16.9 Å². The van der Waals surface area contributed by atoms with Crippen LogP contribution >= 0.6 is 11.5 Å². The number of imidazole rings is 1. The van der Waals surface area contributed by atoms with Gasteiger partial charge in [-0.15, -0.1) is 0 Å². The second-order valence-electron chi connectivity index (χ2n) is 9.97. The Morgan fingerprint density at radius 2 is 2.10 bits per heavy atom. The second kappa shape index (κ2) is 13.1. The van der Waals surface area contributed by atoms with Crippen molar-refractivity contribution in [2.45, 2.75) is 46.8 Å². The van der Waals surface area contributed by atoms with Gasteiger partial charge in [0.05, 0.1) is 48.0 Å². The maximum atomic E-state index is 13.8. The molecule has 0 atom stereocenters. The highest BCUT2D eigenvalue weighted by atomic mass is 32.1. The van der Waals surface area contributed by atoms with Crippen LogP contribution < -0.4 is 10.6 Å². The smallest absolute Gasteiger partial charge is 0.246 e. The van der Waals surface area contributed by atoms with Crippen LogP contribution in [-0.4, -0.2) is 70.1 Å². The van der Waals surface area contributed by atoms with Crippen LogP contribution in [0.1, 0.15) is 32.2 Å². The number of amides is 1. The Morgan fingerprint density at radius 3 is 2.88 bits per heavy atom. The third-order valence-corrected chi connectivity index (χ3v) is 7.26. The zero-order chi connectivity index (χ0) is 29.6. The molecule has 0 bridgehead atoms. The highest BCUT2D eigenvalue weighted by Crippen LogP contribution is 2.28. The number of nitrogens with one attached hydrogen (secondary N) is 2. The molecule has 1 amide bonds. The summed E-state index contributed by atoms with van der Waals surface area (Å²) in [7, 11) is 0. The van der Waals surface area contributed by atoms with E-state index in [1.807, 2.05) is 30.5 Å². The number of hydrogen-bond acceptors (Lipinski definition) is 10. The van der Waals surface area contributed by atoms with E-state index in [0.717, 1.165) is 46.9 Å². The fourth-order valence-electron chi connectivity index (χ4n) is 4.42. The van der Waals surface area contributed by atoms with Crippen molar-refractivity contribution in [1.82, 2.24) is 38.4 Å². The lowest BCUT2D eigenvalue weighted by Gasteiger charge is -2.25. The van der Waals surface area contributed by atoms with Gasteiger partial charge in [0.1, 0.15) is 11.5 Å². The number of nitrogens with zero attached hydrogens (tertiary/aromatic N) is 8. The monoisotopic (exact) mass is 592 g/mol. The highest BCUT2D eigenvalue weighted by molar-refractivity contribution is 7.10. The third-order valence-electron chi connectivity index (χ3n) is 6.52. The first-order valence-electron chi connectivity index (χ1n) is 13.6. The number of halogens is 1. The maximum absolute atomic E-state index is 13.8. The van der Waals surface area contributed by atoms with Crippen LogP contribution in [0.5, 0.6) is 0 Å². The summed E-state index contributed by atoms with van der Waals surface area (Å²) in [6.45, 7) is 11.1. The summed E-state index contributed by atoms with van der Waals surface area (Å²) in [6, 6.07) is 3.81. The molecule has 0 aromatic carbocycles. The summed E-state index contributed by atoms with van der Waals surface area (Å²) in [5.41, 5.74) is 4.04. The Labute approximate surface area is 246 Å². The summed E-state index contributed by atoms with van der Waals surface area (Å²) >= 11 is 1.38. The first kappa shape index (κ1) is 29.2. The lowest BCUT2D eigenvalue weighted by molar-refractivity contribution is -0.116. The van der Waals surface area contributed by atoms with Gasteiger partial charge in [0.25, 0.3) is 0 Å². The molecule has 2 N–H and O–H groups in total. The molecule has 5 rings (SSSR count). The first-order valence-corrected chi connectivity index (χ1v) is 14.4. The number of pyridine rings is 1. The molecule has 0 fully saturated rings. The highest BCUT2D eigenvalue weighted by Gasteiger charge is 2.17. The number of carbonyl (C=O) groups excluding carboxylic acids is 1. The van der Waals surface area contributed by atoms with E-state index in [2.05, 4.69) is 48.8 Å². The minimum atomic E-state index is -0.601. The van der Waals surface area contributed by atoms with E-state index in [1.165, 1.54) is 28.5 Å². The molecule has 0 saturated carbocycles. The van der Waals surface area contributed by atoms with Crippen molar-refractivity contribution in [1.29, 1.82) is 0 Å². The standard InChI is InChI=1S/C28H33FN10O2S/c1-5-41-9-8-37(18(2)3)16-21-10-26(42-36-21)35-27-28-31-13-24(39(28)14-19(4)33-27)20-11-32-38(15-20)17-25(40)34-23-6-7-30-12-22(23)29/h6-7,10-15,18H,5,8-9,16-17H2,1-4H3,(H,33,35)(H,30,34,40). The zero-order valence-corrected chi connectivity index (χ0v) is 24.7. The van der Waals surface area contributed by atoms with Crippen LogP contribution in [0, 0.1) is 12.7 Å². The summed E-state index contributed by atoms with van der Waals surface area (Å²) in [6.07, 6.45) is 9.51. The molecule has 5 aromatic heterocycles. The van der Waals surface area contributed by atoms with Gasteiger partial charge in [0, 0.05) is 49.9 Å². The second-order valence-corrected chi connectivity index (χ2v) is 10.8. The first-order chi connectivity index (χ1) is 20.3. The van der Waals surface area contributed by atoms with Crippen LogP contribution in [-0.2, 0) is 22.6 Å². The minimum absolute atomic E-state index is 0.0686. The normalized spacial score (nSPS) is 11.6. The van der Waals surface area contributed by atoms with Crippen molar-refractivity contribution >= 4 is 39.6 Å². The van der Waals surface area contributed by atoms with Gasteiger partial charge in [0.15, 0.2) is 17.3 Å². The maximum Gasteiger partial charge on any atom is 0.246 e. The molecule has 5 heterocycles. The number of rotatable bonds is 13. The van der Waals surface area contributed by atoms with Crippen molar-refractivity contribution in [2.75, 3.05) is 30.4 Å². The van der Waals surface area contributed by atoms with Crippen LogP contribution in [0.2, 0.25) is 0 Å². The average Bonchev–Trinajstić information content (AvgIpc) is 3.69. The molecular weight excluding hydrogens is 559 g/mol. The van der Waals surface area contributed by atoms with Gasteiger partial charge in [-0.3, -0.25) is 23.8 Å². The largest absolute Gasteiger partial charge is 0.380 e. The fraction of sp³-hybridized carbons (Fsp3) is 0.357. The Bertz CT molecular complexity index is 1660. The van der Waals surface area contributed by atoms with Gasteiger partial charge >= 0.3 is 0 Å². The fourth-order valence-corrected chi connectivity index (χ4v) is 5.08. The number of fused-ring (bicyclic) bond motifs is 1. The Balaban J connectivity index is 1.30. The summed E-state index contributed by atoms with van der Waals surface area (Å²) in [5, 5.41) is 11.1. The van der Waals surface area contributed by atoms with Gasteiger partial charge < -0.3 is 15.4 Å². The summed E-state index contributed by atoms with van der Waals surface area (Å²) < 4.78 is 27.5. The molecule has 5 aromatic rings. The van der Waals surface area contributed by atoms with E-state index < -0.39 is 11.7 Å². The molecule has 14 heteroatoms. The van der Waals surface area contributed by atoms with Crippen LogP contribution in [0.3, 0.4) is 0 Å². The number of ether oxygens (including phenoxy) is 1. The van der Waals surface area contributed by atoms with Crippen molar-refractivity contribution in [3.05, 3.63) is 66.5 Å². The average molecular weight is 593 g/mol. The van der Waals surface area contributed by atoms with Gasteiger partial charge in [-0.1, -0.05) is 0 Å². The molecule has 0 saturated heterocycles. The molecule has 0 radical (unpaired) electrons. The van der Waals surface area contributed by atoms with E-state index >= 15 is 0 Å². The lowest BCUT2D eigenvalue weighted by atomic mass is 10.3. The lowest BCUT2D eigenvalue weighted by Crippen LogP contribution is -2.33. The molecule has 0 unspecified atom stereocenters. The summed E-state index contributed by atoms with van der Waals surface area (Å²) in [4.78, 5) is 27.8. The van der Waals surface area contributed by atoms with Gasteiger partial charge in [-0.05, 0) is 51.4 Å². The molecule has 220 valence electrons. The number of aromatic nitrogens is 7. The van der Waals surface area contributed by atoms with Crippen molar-refractivity contribution in [2.24, 2.45) is 0 Å². The van der Waals surface area contributed by atoms with E-state index in [0.29, 0.717) is 30.7 Å². The van der Waals surface area contributed by atoms with Gasteiger partial charge in [0.2, 0.25) is 5.91 Å². The number of carbonyl (C=O) groups is 1. The Kier molecular flexibility index (Phi) is 9.15. The van der Waals surface area contributed by atoms with Crippen LogP contribution in [0.4, 0.5) is 20.9 Å². The predicted molar refractivity (Wildman–Crippen MR) is 159 cm³/mol. The zero-order valence-electron chi connectivity index (χ0n) is 23.9. The molecule has 0 aliphatic rings. The molecule has 42 heavy (non-hydrogen) atoms. The minimum Gasteiger partial charge on any atom is -0.380 e. The number of aryl methyl sites for hydroxylation is 1. The molecule has 0 aliphatic heterocycles. The topological polar surface area (TPSA) is 127 Å². The van der Waals surface area contributed by atoms with Crippen LogP contribution in [0.15, 0.2) is 49.3 Å². The van der Waals surface area contributed by atoms with E-state index in [-0.39, 0.29) is 12.2 Å². The van der Waals surface area contributed by atoms with Crippen molar-refractivity contribution in [3.8, 4) is 11.3 Å². The van der Waals surface area contributed by atoms with E-state index in [9.17, 15) is 9.18 Å². The van der Waals surface area contributed by atoms with Crippen molar-refractivity contribution < 1.29 is 13.9 Å². The number of anilines is 3. The Hall–Kier alpha value is -4.27. The number of hydrogen-bond donors (Lipinski definition) is 2. The van der Waals surface area contributed by atoms with E-state index in [4.69, 9.17) is 9.72 Å². The molecule has 12 nitrogen and oxygen atoms in total. The predicted octanol–water partition coefficient (Wildman–Crippen LogP) is 4.52. The van der Waals surface area contributed by atoms with E-state index in [1.54, 1.807) is 18.6 Å². The molecule has 0 spiro atoms. The molecular formula is C28H33FN10O2S. The molecule has 0 aliphatic carbocycles. The SMILES string of the molecule is CCOCCN(Cc1cc(Nc2nc(C)cn3c(-c4cnn(CC(=O)Nc5ccncc5F)c4)cnc23)sn1)C(C)C. The van der Waals surface area contributed by atoms with Gasteiger partial charge in [-0.2, -0.15) is 9.47 Å². The third kappa shape index (κ3) is 6.95. The van der Waals surface area contributed by atoms with Crippen molar-refractivity contribution in [3.63, 3.8) is 0 Å².